The van der Waals surface area contributed by atoms with Crippen molar-refractivity contribution in [1.82, 2.24) is 4.98 Å². The lowest BCUT2D eigenvalue weighted by Gasteiger charge is -2.09. The van der Waals surface area contributed by atoms with Gasteiger partial charge in [0.05, 0.1) is 5.56 Å². The quantitative estimate of drug-likeness (QED) is 0.703. The van der Waals surface area contributed by atoms with E-state index in [1.807, 2.05) is 0 Å². The Morgan fingerprint density at radius 2 is 1.76 bits per heavy atom. The van der Waals surface area contributed by atoms with Crippen molar-refractivity contribution in [2.24, 2.45) is 0 Å². The van der Waals surface area contributed by atoms with Gasteiger partial charge < -0.3 is 10.3 Å². The van der Waals surface area contributed by atoms with Gasteiger partial charge in [0.2, 0.25) is 5.43 Å². The Morgan fingerprint density at radius 1 is 1.08 bits per heavy atom. The molecular formula is C17H10ClF3N2O2. The molecule has 0 unspecified atom stereocenters. The number of nitrogens with one attached hydrogen (secondary N) is 2. The molecule has 0 fully saturated rings. The molecule has 0 aliphatic carbocycles. The predicted octanol–water partition coefficient (Wildman–Crippen LogP) is 4.45. The molecule has 4 nitrogen and oxygen atoms in total. The van der Waals surface area contributed by atoms with Crippen LogP contribution in [0.1, 0.15) is 15.9 Å². The fourth-order valence-corrected chi connectivity index (χ4v) is 2.42. The predicted molar refractivity (Wildman–Crippen MR) is 89.0 cm³/mol. The minimum absolute atomic E-state index is 0.00266. The van der Waals surface area contributed by atoms with Crippen molar-refractivity contribution in [3.05, 3.63) is 75.0 Å². The maximum atomic E-state index is 12.7. The van der Waals surface area contributed by atoms with Crippen LogP contribution in [0.25, 0.3) is 10.9 Å². The number of aromatic nitrogens is 1. The fourth-order valence-electron chi connectivity index (χ4n) is 2.30. The summed E-state index contributed by atoms with van der Waals surface area (Å²) in [6, 6.07) is 8.95. The highest BCUT2D eigenvalue weighted by molar-refractivity contribution is 6.30. The molecular weight excluding hydrogens is 357 g/mol. The third-order valence-electron chi connectivity index (χ3n) is 3.55. The van der Waals surface area contributed by atoms with E-state index in [0.29, 0.717) is 10.7 Å². The minimum Gasteiger partial charge on any atom is -0.360 e. The van der Waals surface area contributed by atoms with Crippen molar-refractivity contribution in [1.29, 1.82) is 0 Å². The highest BCUT2D eigenvalue weighted by Crippen LogP contribution is 2.30. The van der Waals surface area contributed by atoms with Gasteiger partial charge in [0.1, 0.15) is 5.56 Å². The number of anilines is 1. The number of rotatable bonds is 2. The summed E-state index contributed by atoms with van der Waals surface area (Å²) in [5, 5.41) is 3.01. The van der Waals surface area contributed by atoms with Crippen LogP contribution in [0, 0.1) is 0 Å². The largest absolute Gasteiger partial charge is 0.416 e. The highest BCUT2D eigenvalue weighted by Gasteiger charge is 2.30. The van der Waals surface area contributed by atoms with Crippen molar-refractivity contribution in [3.8, 4) is 0 Å². The van der Waals surface area contributed by atoms with E-state index >= 15 is 0 Å². The fraction of sp³-hybridized carbons (Fsp3) is 0.0588. The van der Waals surface area contributed by atoms with Gasteiger partial charge in [-0.05, 0) is 42.5 Å². The Kier molecular flexibility index (Phi) is 4.26. The first-order chi connectivity index (χ1) is 11.8. The zero-order valence-corrected chi connectivity index (χ0v) is 13.2. The van der Waals surface area contributed by atoms with Gasteiger partial charge >= 0.3 is 6.18 Å². The second-order valence-corrected chi connectivity index (χ2v) is 5.69. The third-order valence-corrected chi connectivity index (χ3v) is 3.81. The van der Waals surface area contributed by atoms with Gasteiger partial charge in [-0.15, -0.1) is 0 Å². The maximum absolute atomic E-state index is 12.7. The number of hydrogen-bond donors (Lipinski definition) is 2. The topological polar surface area (TPSA) is 62.0 Å². The standard InChI is InChI=1S/C17H10ClF3N2O2/c18-10-2-4-11(5-3-10)23-16(25)13-8-22-14-7-9(17(19,20)21)1-6-12(14)15(13)24/h1-8H,(H,22,24)(H,23,25). The Balaban J connectivity index is 1.97. The molecule has 0 radical (unpaired) electrons. The van der Waals surface area contributed by atoms with Crippen LogP contribution in [-0.2, 0) is 6.18 Å². The summed E-state index contributed by atoms with van der Waals surface area (Å²) < 4.78 is 38.2. The van der Waals surface area contributed by atoms with Crippen LogP contribution in [-0.4, -0.2) is 10.9 Å². The molecule has 25 heavy (non-hydrogen) atoms. The van der Waals surface area contributed by atoms with Gasteiger partial charge in [-0.1, -0.05) is 11.6 Å². The summed E-state index contributed by atoms with van der Waals surface area (Å²) >= 11 is 5.75. The number of hydrogen-bond acceptors (Lipinski definition) is 2. The molecule has 0 bridgehead atoms. The SMILES string of the molecule is O=C(Nc1ccc(Cl)cc1)c1c[nH]c2cc(C(F)(F)F)ccc2c1=O. The summed E-state index contributed by atoms with van der Waals surface area (Å²) in [4.78, 5) is 27.2. The van der Waals surface area contributed by atoms with E-state index in [1.54, 1.807) is 24.3 Å². The first-order valence-corrected chi connectivity index (χ1v) is 7.43. The van der Waals surface area contributed by atoms with Crippen LogP contribution in [0.5, 0.6) is 0 Å². The molecule has 0 spiro atoms. The average Bonchev–Trinajstić information content (AvgIpc) is 2.56. The number of carbonyl (C=O) groups excluding carboxylic acids is 1. The van der Waals surface area contributed by atoms with Crippen LogP contribution in [0.3, 0.4) is 0 Å². The van der Waals surface area contributed by atoms with Crippen molar-refractivity contribution >= 4 is 34.1 Å². The second kappa shape index (κ2) is 6.25. The number of pyridine rings is 1. The molecule has 0 atom stereocenters. The lowest BCUT2D eigenvalue weighted by atomic mass is 10.1. The molecule has 0 saturated carbocycles. The van der Waals surface area contributed by atoms with E-state index in [9.17, 15) is 22.8 Å². The van der Waals surface area contributed by atoms with Crippen LogP contribution in [0.4, 0.5) is 18.9 Å². The van der Waals surface area contributed by atoms with Crippen LogP contribution in [0.2, 0.25) is 5.02 Å². The molecule has 2 N–H and O–H groups in total. The van der Waals surface area contributed by atoms with Crippen molar-refractivity contribution in [2.45, 2.75) is 6.18 Å². The van der Waals surface area contributed by atoms with Gasteiger partial charge in [0.25, 0.3) is 5.91 Å². The normalized spacial score (nSPS) is 11.5. The Labute approximate surface area is 144 Å². The van der Waals surface area contributed by atoms with Crippen molar-refractivity contribution in [3.63, 3.8) is 0 Å². The molecule has 1 aromatic heterocycles. The van der Waals surface area contributed by atoms with E-state index in [0.717, 1.165) is 24.4 Å². The van der Waals surface area contributed by atoms with Gasteiger partial charge in [-0.3, -0.25) is 9.59 Å². The summed E-state index contributed by atoms with van der Waals surface area (Å²) in [5.74, 6) is -0.676. The molecule has 1 amide bonds. The third kappa shape index (κ3) is 3.51. The van der Waals surface area contributed by atoms with Crippen molar-refractivity contribution in [2.75, 3.05) is 5.32 Å². The summed E-state index contributed by atoms with van der Waals surface area (Å²) in [6.45, 7) is 0. The number of amides is 1. The molecule has 128 valence electrons. The molecule has 1 heterocycles. The summed E-state index contributed by atoms with van der Waals surface area (Å²) in [7, 11) is 0. The zero-order chi connectivity index (χ0) is 18.2. The molecule has 0 aliphatic rings. The zero-order valence-electron chi connectivity index (χ0n) is 12.4. The second-order valence-electron chi connectivity index (χ2n) is 5.25. The van der Waals surface area contributed by atoms with E-state index < -0.39 is 23.1 Å². The molecule has 0 aliphatic heterocycles. The lowest BCUT2D eigenvalue weighted by Crippen LogP contribution is -2.22. The Hall–Kier alpha value is -2.80. The number of carbonyl (C=O) groups is 1. The monoisotopic (exact) mass is 366 g/mol. The average molecular weight is 367 g/mol. The summed E-state index contributed by atoms with van der Waals surface area (Å²) in [6.07, 6.45) is -3.42. The molecule has 0 saturated heterocycles. The molecule has 3 aromatic rings. The van der Waals surface area contributed by atoms with E-state index in [1.165, 1.54) is 0 Å². The van der Waals surface area contributed by atoms with Gasteiger partial charge in [-0.2, -0.15) is 13.2 Å². The van der Waals surface area contributed by atoms with E-state index in [2.05, 4.69) is 10.3 Å². The molecule has 2 aromatic carbocycles. The maximum Gasteiger partial charge on any atom is 0.416 e. The highest BCUT2D eigenvalue weighted by atomic mass is 35.5. The van der Waals surface area contributed by atoms with Crippen LogP contribution in [0.15, 0.2) is 53.5 Å². The van der Waals surface area contributed by atoms with Crippen LogP contribution >= 0.6 is 11.6 Å². The van der Waals surface area contributed by atoms with E-state index in [4.69, 9.17) is 11.6 Å². The number of halogens is 4. The lowest BCUT2D eigenvalue weighted by molar-refractivity contribution is -0.137. The van der Waals surface area contributed by atoms with Gasteiger partial charge in [-0.25, -0.2) is 0 Å². The minimum atomic E-state index is -4.52. The van der Waals surface area contributed by atoms with E-state index in [-0.39, 0.29) is 16.5 Å². The number of alkyl halides is 3. The first kappa shape index (κ1) is 17.0. The van der Waals surface area contributed by atoms with Crippen LogP contribution < -0.4 is 10.7 Å². The van der Waals surface area contributed by atoms with Crippen molar-refractivity contribution < 1.29 is 18.0 Å². The molecule has 3 rings (SSSR count). The number of H-pyrrole nitrogens is 1. The summed E-state index contributed by atoms with van der Waals surface area (Å²) in [5.41, 5.74) is -1.31. The Bertz CT molecular complexity index is 1010. The molecule has 8 heteroatoms. The number of fused-ring (bicyclic) bond motifs is 1. The number of aromatic amines is 1. The smallest absolute Gasteiger partial charge is 0.360 e. The first-order valence-electron chi connectivity index (χ1n) is 7.05. The van der Waals surface area contributed by atoms with Gasteiger partial charge in [0, 0.05) is 27.8 Å². The Morgan fingerprint density at radius 3 is 2.40 bits per heavy atom. The van der Waals surface area contributed by atoms with Gasteiger partial charge in [0.15, 0.2) is 0 Å². The number of benzene rings is 2.